The quantitative estimate of drug-likeness (QED) is 0.537. The lowest BCUT2D eigenvalue weighted by molar-refractivity contribution is -0.152. The van der Waals surface area contributed by atoms with Crippen molar-refractivity contribution in [3.8, 4) is 17.2 Å². The van der Waals surface area contributed by atoms with Crippen LogP contribution in [0.2, 0.25) is 0 Å². The van der Waals surface area contributed by atoms with Crippen LogP contribution in [0.25, 0.3) is 0 Å². The van der Waals surface area contributed by atoms with E-state index in [-0.39, 0.29) is 25.8 Å². The van der Waals surface area contributed by atoms with Crippen LogP contribution in [0.15, 0.2) is 45.9 Å². The Hall–Kier alpha value is -3.69. The predicted octanol–water partition coefficient (Wildman–Crippen LogP) is 4.16. The number of halogens is 3. The molecule has 2 aromatic heterocycles. The van der Waals surface area contributed by atoms with Gasteiger partial charge in [-0.1, -0.05) is 0 Å². The molecule has 1 aromatic carbocycles. The number of benzene rings is 1. The molecule has 0 saturated heterocycles. The van der Waals surface area contributed by atoms with E-state index in [0.29, 0.717) is 28.6 Å². The first-order valence-electron chi connectivity index (χ1n) is 9.54. The van der Waals surface area contributed by atoms with Crippen molar-refractivity contribution < 1.29 is 31.8 Å². The van der Waals surface area contributed by atoms with E-state index in [9.17, 15) is 13.2 Å². The van der Waals surface area contributed by atoms with Crippen LogP contribution in [0.1, 0.15) is 22.6 Å². The number of aromatic nitrogens is 1. The number of fused-ring (bicyclic) bond motifs is 9. The monoisotopic (exact) mass is 427 g/mol. The molecule has 0 radical (unpaired) electrons. The van der Waals surface area contributed by atoms with E-state index >= 15 is 0 Å². The van der Waals surface area contributed by atoms with Crippen molar-refractivity contribution in [1.82, 2.24) is 4.98 Å². The second-order valence-electron chi connectivity index (χ2n) is 7.73. The summed E-state index contributed by atoms with van der Waals surface area (Å²) in [6.07, 6.45) is -2.90. The third kappa shape index (κ3) is 2.04. The normalized spacial score (nSPS) is 22.0. The molecule has 0 N–H and O–H groups in total. The van der Waals surface area contributed by atoms with E-state index in [4.69, 9.17) is 18.6 Å². The standard InChI is InChI=1S/C21H12F3N3O4/c22-21(23,24)16-4-10-7-27-12-2-1-3-25-17(12)20(19(27)26-18(10)31-16)8-28-13-6-15-14(5-11(13)20)29-9-30-15/h1-6H,7-9H2. The fourth-order valence-electron chi connectivity index (χ4n) is 4.76. The van der Waals surface area contributed by atoms with Gasteiger partial charge in [-0.25, -0.2) is 0 Å². The molecule has 4 aliphatic rings. The van der Waals surface area contributed by atoms with Gasteiger partial charge < -0.3 is 23.5 Å². The van der Waals surface area contributed by atoms with Crippen LogP contribution < -0.4 is 19.1 Å². The van der Waals surface area contributed by atoms with Crippen molar-refractivity contribution in [2.45, 2.75) is 18.1 Å². The molecule has 0 aliphatic carbocycles. The molecule has 0 amide bonds. The Bertz CT molecular complexity index is 1320. The number of aliphatic imine (C=N–C) groups is 1. The summed E-state index contributed by atoms with van der Waals surface area (Å²) in [5.41, 5.74) is 1.76. The SMILES string of the molecule is FC(F)(F)c1cc2c(o1)N=C1N(C2)c2cccnc2C12COc1cc3c(cc12)OCO3. The number of hydrogen-bond donors (Lipinski definition) is 0. The summed E-state index contributed by atoms with van der Waals surface area (Å²) in [6.45, 7) is 0.504. The molecule has 7 rings (SSSR count). The van der Waals surface area contributed by atoms with E-state index < -0.39 is 17.4 Å². The molecule has 1 atom stereocenters. The average Bonchev–Trinajstić information content (AvgIpc) is 3.50. The Kier molecular flexibility index (Phi) is 2.92. The molecule has 31 heavy (non-hydrogen) atoms. The van der Waals surface area contributed by atoms with Gasteiger partial charge in [0.15, 0.2) is 11.5 Å². The molecule has 0 fully saturated rings. The lowest BCUT2D eigenvalue weighted by Gasteiger charge is -2.29. The smallest absolute Gasteiger partial charge is 0.449 e. The molecular weight excluding hydrogens is 415 g/mol. The summed E-state index contributed by atoms with van der Waals surface area (Å²) in [7, 11) is 0. The molecule has 0 saturated carbocycles. The maximum Gasteiger partial charge on any atom is 0.449 e. The molecule has 10 heteroatoms. The number of ether oxygens (including phenoxy) is 3. The Labute approximate surface area is 172 Å². The highest BCUT2D eigenvalue weighted by molar-refractivity contribution is 6.15. The van der Waals surface area contributed by atoms with Gasteiger partial charge in [-0.15, -0.1) is 0 Å². The maximum atomic E-state index is 13.2. The fourth-order valence-corrected chi connectivity index (χ4v) is 4.76. The molecular formula is C21H12F3N3O4. The third-order valence-electron chi connectivity index (χ3n) is 6.10. The molecule has 3 aromatic rings. The van der Waals surface area contributed by atoms with Crippen molar-refractivity contribution >= 4 is 17.4 Å². The number of amidine groups is 1. The highest BCUT2D eigenvalue weighted by atomic mass is 19.4. The first-order valence-corrected chi connectivity index (χ1v) is 9.54. The highest BCUT2D eigenvalue weighted by Crippen LogP contribution is 2.56. The minimum atomic E-state index is -4.58. The van der Waals surface area contributed by atoms with Crippen LogP contribution in [0.4, 0.5) is 24.7 Å². The van der Waals surface area contributed by atoms with Gasteiger partial charge >= 0.3 is 6.18 Å². The molecule has 1 unspecified atom stereocenters. The van der Waals surface area contributed by atoms with Gasteiger partial charge in [0, 0.05) is 23.4 Å². The number of rotatable bonds is 0. The Balaban J connectivity index is 1.48. The summed E-state index contributed by atoms with van der Waals surface area (Å²) < 4.78 is 61.8. The Morgan fingerprint density at radius 3 is 2.71 bits per heavy atom. The number of alkyl halides is 3. The number of furan rings is 1. The van der Waals surface area contributed by atoms with E-state index in [1.54, 1.807) is 18.3 Å². The zero-order chi connectivity index (χ0) is 21.0. The molecule has 7 nitrogen and oxygen atoms in total. The van der Waals surface area contributed by atoms with Crippen molar-refractivity contribution in [3.05, 3.63) is 59.1 Å². The zero-order valence-corrected chi connectivity index (χ0v) is 15.7. The maximum absolute atomic E-state index is 13.2. The first-order chi connectivity index (χ1) is 14.9. The lowest BCUT2D eigenvalue weighted by atomic mass is 9.79. The molecule has 6 heterocycles. The Morgan fingerprint density at radius 1 is 1.03 bits per heavy atom. The summed E-state index contributed by atoms with van der Waals surface area (Å²) >= 11 is 0. The van der Waals surface area contributed by atoms with Crippen molar-refractivity contribution in [3.63, 3.8) is 0 Å². The van der Waals surface area contributed by atoms with E-state index in [2.05, 4.69) is 9.98 Å². The van der Waals surface area contributed by atoms with Gasteiger partial charge in [0.1, 0.15) is 23.6 Å². The summed E-state index contributed by atoms with van der Waals surface area (Å²) in [4.78, 5) is 11.1. The largest absolute Gasteiger partial charge is 0.491 e. The van der Waals surface area contributed by atoms with E-state index in [1.807, 2.05) is 17.0 Å². The molecule has 4 aliphatic heterocycles. The van der Waals surface area contributed by atoms with Gasteiger partial charge in [0.05, 0.1) is 17.9 Å². The van der Waals surface area contributed by atoms with Crippen LogP contribution in [0, 0.1) is 0 Å². The predicted molar refractivity (Wildman–Crippen MR) is 100 cm³/mol. The van der Waals surface area contributed by atoms with Gasteiger partial charge in [0.2, 0.25) is 18.4 Å². The zero-order valence-electron chi connectivity index (χ0n) is 15.7. The number of anilines is 1. The average molecular weight is 427 g/mol. The first kappa shape index (κ1) is 17.0. The summed E-state index contributed by atoms with van der Waals surface area (Å²) in [5, 5.41) is 0. The van der Waals surface area contributed by atoms with Crippen LogP contribution >= 0.6 is 0 Å². The van der Waals surface area contributed by atoms with Gasteiger partial charge in [0.25, 0.3) is 0 Å². The molecule has 1 spiro atoms. The lowest BCUT2D eigenvalue weighted by Crippen LogP contribution is -2.43. The summed E-state index contributed by atoms with van der Waals surface area (Å²) in [5.74, 6) is 1.19. The molecule has 0 bridgehead atoms. The minimum absolute atomic E-state index is 0.0417. The summed E-state index contributed by atoms with van der Waals surface area (Å²) in [6, 6.07) is 8.29. The van der Waals surface area contributed by atoms with E-state index in [1.165, 1.54) is 0 Å². The fraction of sp³-hybridized carbons (Fsp3) is 0.238. The Morgan fingerprint density at radius 2 is 1.87 bits per heavy atom. The van der Waals surface area contributed by atoms with Crippen molar-refractivity contribution in [2.24, 2.45) is 4.99 Å². The van der Waals surface area contributed by atoms with Gasteiger partial charge in [-0.2, -0.15) is 18.2 Å². The van der Waals surface area contributed by atoms with Crippen molar-refractivity contribution in [1.29, 1.82) is 0 Å². The highest BCUT2D eigenvalue weighted by Gasteiger charge is 2.58. The van der Waals surface area contributed by atoms with Crippen LogP contribution in [-0.4, -0.2) is 24.2 Å². The van der Waals surface area contributed by atoms with Gasteiger partial charge in [-0.05, 0) is 24.3 Å². The van der Waals surface area contributed by atoms with Crippen LogP contribution in [0.5, 0.6) is 17.2 Å². The topological polar surface area (TPSA) is 69.3 Å². The van der Waals surface area contributed by atoms with Gasteiger partial charge in [-0.3, -0.25) is 4.98 Å². The van der Waals surface area contributed by atoms with E-state index in [0.717, 1.165) is 23.0 Å². The number of hydrogen-bond acceptors (Lipinski definition) is 7. The number of pyridine rings is 1. The van der Waals surface area contributed by atoms with Crippen molar-refractivity contribution in [2.75, 3.05) is 18.3 Å². The third-order valence-corrected chi connectivity index (χ3v) is 6.10. The number of nitrogens with zero attached hydrogens (tertiary/aromatic N) is 3. The molecule has 156 valence electrons. The van der Waals surface area contributed by atoms with Crippen LogP contribution in [0.3, 0.4) is 0 Å². The second-order valence-corrected chi connectivity index (χ2v) is 7.73. The second kappa shape index (κ2) is 5.32. The van der Waals surface area contributed by atoms with Crippen LogP contribution in [-0.2, 0) is 18.1 Å². The minimum Gasteiger partial charge on any atom is -0.491 e.